The van der Waals surface area contributed by atoms with Gasteiger partial charge in [-0.1, -0.05) is 0 Å². The summed E-state index contributed by atoms with van der Waals surface area (Å²) in [5.41, 5.74) is 4.85. The number of thiophene rings is 1. The van der Waals surface area contributed by atoms with Crippen LogP contribution in [0.15, 0.2) is 10.8 Å². The summed E-state index contributed by atoms with van der Waals surface area (Å²) in [6.07, 6.45) is -1.77. The minimum Gasteiger partial charge on any atom is -0.373 e. The third kappa shape index (κ3) is 2.55. The number of hydrogen-bond donors (Lipinski definition) is 1. The molecule has 1 aromatic heterocycles. The zero-order chi connectivity index (χ0) is 13.4. The molecule has 2 heterocycles. The zero-order valence-electron chi connectivity index (χ0n) is 10.1. The third-order valence-electron chi connectivity index (χ3n) is 3.49. The Kier molecular flexibility index (Phi) is 3.71. The predicted octanol–water partition coefficient (Wildman–Crippen LogP) is 3.73. The fourth-order valence-corrected chi connectivity index (χ4v) is 3.20. The summed E-state index contributed by atoms with van der Waals surface area (Å²) in [5.74, 6) is 0. The van der Waals surface area contributed by atoms with E-state index in [2.05, 4.69) is 0 Å². The number of nitrogens with two attached hydrogens (primary N) is 1. The number of halogens is 3. The van der Waals surface area contributed by atoms with E-state index in [1.54, 1.807) is 6.92 Å². The van der Waals surface area contributed by atoms with Crippen molar-refractivity contribution in [2.75, 3.05) is 6.61 Å². The Morgan fingerprint density at radius 1 is 1.39 bits per heavy atom. The lowest BCUT2D eigenvalue weighted by atomic mass is 9.84. The lowest BCUT2D eigenvalue weighted by Crippen LogP contribution is -2.43. The van der Waals surface area contributed by atoms with Crippen LogP contribution in [-0.2, 0) is 10.9 Å². The molecular formula is C12H16F3NOS. The molecule has 0 amide bonds. The van der Waals surface area contributed by atoms with Gasteiger partial charge in [0.25, 0.3) is 0 Å². The lowest BCUT2D eigenvalue weighted by molar-refractivity contribution is -0.139. The highest BCUT2D eigenvalue weighted by molar-refractivity contribution is 7.08. The van der Waals surface area contributed by atoms with Crippen LogP contribution < -0.4 is 5.73 Å². The number of alkyl halides is 3. The predicted molar refractivity (Wildman–Crippen MR) is 64.5 cm³/mol. The van der Waals surface area contributed by atoms with Gasteiger partial charge in [-0.25, -0.2) is 0 Å². The van der Waals surface area contributed by atoms with Crippen molar-refractivity contribution in [2.24, 2.45) is 5.73 Å². The van der Waals surface area contributed by atoms with Gasteiger partial charge in [-0.3, -0.25) is 0 Å². The number of rotatable bonds is 2. The standard InChI is InChI=1S/C12H16F3NOS/c1-11(4-2-3-5-17-11)10(16)8-6-18-7-9(8)12(13,14)15/h6-7,10H,2-5,16H2,1H3. The highest BCUT2D eigenvalue weighted by atomic mass is 32.1. The molecule has 2 atom stereocenters. The van der Waals surface area contributed by atoms with Crippen molar-refractivity contribution < 1.29 is 17.9 Å². The van der Waals surface area contributed by atoms with Gasteiger partial charge >= 0.3 is 6.18 Å². The maximum Gasteiger partial charge on any atom is 0.417 e. The van der Waals surface area contributed by atoms with Crippen LogP contribution in [0.2, 0.25) is 0 Å². The molecule has 2 unspecified atom stereocenters. The summed E-state index contributed by atoms with van der Waals surface area (Å²) in [7, 11) is 0. The van der Waals surface area contributed by atoms with Crippen LogP contribution in [-0.4, -0.2) is 12.2 Å². The van der Waals surface area contributed by atoms with Crippen LogP contribution in [0.5, 0.6) is 0 Å². The quantitative estimate of drug-likeness (QED) is 0.895. The lowest BCUT2D eigenvalue weighted by Gasteiger charge is -2.39. The van der Waals surface area contributed by atoms with E-state index >= 15 is 0 Å². The van der Waals surface area contributed by atoms with Crippen molar-refractivity contribution in [2.45, 2.75) is 44.0 Å². The largest absolute Gasteiger partial charge is 0.417 e. The molecule has 0 aromatic carbocycles. The van der Waals surface area contributed by atoms with E-state index in [4.69, 9.17) is 10.5 Å². The topological polar surface area (TPSA) is 35.2 Å². The Labute approximate surface area is 108 Å². The summed E-state index contributed by atoms with van der Waals surface area (Å²) in [5, 5.41) is 2.60. The summed E-state index contributed by atoms with van der Waals surface area (Å²) in [6.45, 7) is 2.37. The van der Waals surface area contributed by atoms with Crippen molar-refractivity contribution in [1.29, 1.82) is 0 Å². The van der Waals surface area contributed by atoms with E-state index in [9.17, 15) is 13.2 Å². The highest BCUT2D eigenvalue weighted by Gasteiger charge is 2.42. The van der Waals surface area contributed by atoms with Crippen LogP contribution in [0.3, 0.4) is 0 Å². The fraction of sp³-hybridized carbons (Fsp3) is 0.667. The molecule has 6 heteroatoms. The van der Waals surface area contributed by atoms with Gasteiger partial charge in [0.2, 0.25) is 0 Å². The van der Waals surface area contributed by atoms with Gasteiger partial charge in [0.05, 0.1) is 17.2 Å². The molecule has 1 aliphatic rings. The average molecular weight is 279 g/mol. The van der Waals surface area contributed by atoms with Crippen molar-refractivity contribution in [3.05, 3.63) is 21.9 Å². The van der Waals surface area contributed by atoms with E-state index in [0.717, 1.165) is 29.6 Å². The molecule has 1 aromatic rings. The molecule has 102 valence electrons. The van der Waals surface area contributed by atoms with E-state index in [1.807, 2.05) is 0 Å². The maximum absolute atomic E-state index is 12.8. The van der Waals surface area contributed by atoms with Crippen LogP contribution in [0.1, 0.15) is 43.4 Å². The third-order valence-corrected chi connectivity index (χ3v) is 4.25. The SMILES string of the molecule is CC1(C(N)c2cscc2C(F)(F)F)CCCCO1. The van der Waals surface area contributed by atoms with Gasteiger partial charge in [-0.2, -0.15) is 24.5 Å². The molecule has 2 rings (SSSR count). The molecule has 2 N–H and O–H groups in total. The second-order valence-corrected chi connectivity index (χ2v) is 5.58. The molecular weight excluding hydrogens is 263 g/mol. The molecule has 0 saturated carbocycles. The Hall–Kier alpha value is -0.590. The average Bonchev–Trinajstić information content (AvgIpc) is 2.77. The van der Waals surface area contributed by atoms with Crippen molar-refractivity contribution >= 4 is 11.3 Å². The molecule has 1 aliphatic heterocycles. The molecule has 0 bridgehead atoms. The first-order valence-corrected chi connectivity index (χ1v) is 6.82. The molecule has 2 nitrogen and oxygen atoms in total. The molecule has 0 aliphatic carbocycles. The van der Waals surface area contributed by atoms with Crippen molar-refractivity contribution in [3.63, 3.8) is 0 Å². The fourth-order valence-electron chi connectivity index (χ4n) is 2.31. The number of hydrogen-bond acceptors (Lipinski definition) is 3. The summed E-state index contributed by atoms with van der Waals surface area (Å²) >= 11 is 1.03. The van der Waals surface area contributed by atoms with Crippen LogP contribution >= 0.6 is 11.3 Å². The Balaban J connectivity index is 2.28. The van der Waals surface area contributed by atoms with E-state index in [-0.39, 0.29) is 5.56 Å². The van der Waals surface area contributed by atoms with Crippen LogP contribution in [0, 0.1) is 0 Å². The van der Waals surface area contributed by atoms with E-state index in [1.165, 1.54) is 5.38 Å². The van der Waals surface area contributed by atoms with Gasteiger partial charge < -0.3 is 10.5 Å². The summed E-state index contributed by atoms with van der Waals surface area (Å²) < 4.78 is 44.2. The van der Waals surface area contributed by atoms with Gasteiger partial charge in [-0.15, -0.1) is 0 Å². The molecule has 18 heavy (non-hydrogen) atoms. The smallest absolute Gasteiger partial charge is 0.373 e. The zero-order valence-corrected chi connectivity index (χ0v) is 10.9. The van der Waals surface area contributed by atoms with Gasteiger partial charge in [0, 0.05) is 12.0 Å². The molecule has 1 saturated heterocycles. The van der Waals surface area contributed by atoms with E-state index in [0.29, 0.717) is 13.0 Å². The Bertz CT molecular complexity index is 410. The molecule has 0 radical (unpaired) electrons. The molecule has 1 fully saturated rings. The minimum absolute atomic E-state index is 0.150. The van der Waals surface area contributed by atoms with Gasteiger partial charge in [-0.05, 0) is 37.1 Å². The normalized spacial score (nSPS) is 27.2. The monoisotopic (exact) mass is 279 g/mol. The van der Waals surface area contributed by atoms with Crippen molar-refractivity contribution in [1.82, 2.24) is 0 Å². The summed E-state index contributed by atoms with van der Waals surface area (Å²) in [4.78, 5) is 0. The Morgan fingerprint density at radius 3 is 2.67 bits per heavy atom. The van der Waals surface area contributed by atoms with Gasteiger partial charge in [0.15, 0.2) is 0 Å². The van der Waals surface area contributed by atoms with Gasteiger partial charge in [0.1, 0.15) is 0 Å². The first-order chi connectivity index (χ1) is 8.34. The van der Waals surface area contributed by atoms with Crippen LogP contribution in [0.4, 0.5) is 13.2 Å². The second-order valence-electron chi connectivity index (χ2n) is 4.83. The van der Waals surface area contributed by atoms with Crippen LogP contribution in [0.25, 0.3) is 0 Å². The van der Waals surface area contributed by atoms with Crippen molar-refractivity contribution in [3.8, 4) is 0 Å². The number of ether oxygens (including phenoxy) is 1. The maximum atomic E-state index is 12.8. The Morgan fingerprint density at radius 2 is 2.11 bits per heavy atom. The first kappa shape index (κ1) is 13.8. The van der Waals surface area contributed by atoms with E-state index < -0.39 is 23.4 Å². The molecule has 0 spiro atoms. The summed E-state index contributed by atoms with van der Waals surface area (Å²) in [6, 6.07) is -0.735. The minimum atomic E-state index is -4.35. The highest BCUT2D eigenvalue weighted by Crippen LogP contribution is 2.42. The second kappa shape index (κ2) is 4.83. The first-order valence-electron chi connectivity index (χ1n) is 5.87.